The van der Waals surface area contributed by atoms with Crippen LogP contribution in [0.5, 0.6) is 11.5 Å². The van der Waals surface area contributed by atoms with Gasteiger partial charge >= 0.3 is 6.18 Å². The van der Waals surface area contributed by atoms with E-state index in [0.29, 0.717) is 0 Å². The first-order valence-corrected chi connectivity index (χ1v) is 4.14. The molecule has 1 aromatic rings. The smallest absolute Gasteiger partial charge is 0.390 e. The number of aromatic hydroxyl groups is 2. The Morgan fingerprint density at radius 2 is 1.87 bits per heavy atom. The molecule has 0 saturated heterocycles. The summed E-state index contributed by atoms with van der Waals surface area (Å²) in [6.45, 7) is 0. The van der Waals surface area contributed by atoms with Crippen LogP contribution in [0.2, 0.25) is 0 Å². The zero-order valence-corrected chi connectivity index (χ0v) is 7.62. The van der Waals surface area contributed by atoms with E-state index in [1.165, 1.54) is 12.1 Å². The van der Waals surface area contributed by atoms with Gasteiger partial charge in [-0.25, -0.2) is 0 Å². The van der Waals surface area contributed by atoms with Crippen molar-refractivity contribution in [3.05, 3.63) is 23.8 Å². The van der Waals surface area contributed by atoms with E-state index >= 15 is 0 Å². The van der Waals surface area contributed by atoms with Crippen molar-refractivity contribution in [1.29, 1.82) is 0 Å². The lowest BCUT2D eigenvalue weighted by Gasteiger charge is -2.15. The maximum absolute atomic E-state index is 12.0. The highest BCUT2D eigenvalue weighted by Crippen LogP contribution is 2.33. The summed E-state index contributed by atoms with van der Waals surface area (Å²) in [6, 6.07) is 1.96. The minimum atomic E-state index is -4.39. The zero-order valence-electron chi connectivity index (χ0n) is 7.62. The number of rotatable bonds is 2. The monoisotopic (exact) mass is 221 g/mol. The van der Waals surface area contributed by atoms with Crippen LogP contribution in [0.4, 0.5) is 13.2 Å². The number of halogens is 3. The Hall–Kier alpha value is -1.43. The molecule has 0 aliphatic heterocycles. The van der Waals surface area contributed by atoms with Gasteiger partial charge in [0.2, 0.25) is 0 Å². The molecule has 1 aromatic carbocycles. The molecular formula is C9H10F3NO2. The van der Waals surface area contributed by atoms with Crippen LogP contribution in [-0.4, -0.2) is 16.4 Å². The molecule has 0 bridgehead atoms. The minimum Gasteiger partial charge on any atom is -0.508 e. The van der Waals surface area contributed by atoms with Crippen LogP contribution in [0.1, 0.15) is 18.0 Å². The first-order chi connectivity index (χ1) is 6.79. The number of nitrogens with two attached hydrogens (primary N) is 1. The summed E-state index contributed by atoms with van der Waals surface area (Å²) >= 11 is 0. The predicted molar refractivity (Wildman–Crippen MR) is 47.4 cm³/mol. The summed E-state index contributed by atoms with van der Waals surface area (Å²) in [7, 11) is 0. The van der Waals surface area contributed by atoms with Gasteiger partial charge in [0.1, 0.15) is 11.5 Å². The fraction of sp³-hybridized carbons (Fsp3) is 0.333. The quantitative estimate of drug-likeness (QED) is 0.716. The molecule has 3 nitrogen and oxygen atoms in total. The molecule has 0 aromatic heterocycles. The number of phenolic OH excluding ortho intramolecular Hbond substituents is 2. The van der Waals surface area contributed by atoms with Crippen LogP contribution in [0.25, 0.3) is 0 Å². The van der Waals surface area contributed by atoms with Crippen molar-refractivity contribution >= 4 is 0 Å². The second-order valence-corrected chi connectivity index (χ2v) is 3.17. The summed E-state index contributed by atoms with van der Waals surface area (Å²) in [4.78, 5) is 0. The normalized spacial score (nSPS) is 13.9. The summed E-state index contributed by atoms with van der Waals surface area (Å²) in [5.74, 6) is -0.665. The highest BCUT2D eigenvalue weighted by atomic mass is 19.4. The van der Waals surface area contributed by atoms with Crippen molar-refractivity contribution in [3.8, 4) is 11.5 Å². The van der Waals surface area contributed by atoms with Crippen LogP contribution in [-0.2, 0) is 0 Å². The Bertz CT molecular complexity index is 352. The fourth-order valence-corrected chi connectivity index (χ4v) is 1.20. The molecule has 0 spiro atoms. The Kier molecular flexibility index (Phi) is 3.09. The molecule has 0 aliphatic rings. The van der Waals surface area contributed by atoms with Gasteiger partial charge in [-0.05, 0) is 6.07 Å². The van der Waals surface area contributed by atoms with Gasteiger partial charge in [-0.2, -0.15) is 13.2 Å². The molecule has 0 heterocycles. The van der Waals surface area contributed by atoms with Crippen molar-refractivity contribution < 1.29 is 23.4 Å². The van der Waals surface area contributed by atoms with E-state index in [9.17, 15) is 18.3 Å². The lowest BCUT2D eigenvalue weighted by atomic mass is 10.0. The van der Waals surface area contributed by atoms with Crippen molar-refractivity contribution in [2.24, 2.45) is 5.73 Å². The molecule has 0 unspecified atom stereocenters. The van der Waals surface area contributed by atoms with Gasteiger partial charge in [-0.1, -0.05) is 6.07 Å². The van der Waals surface area contributed by atoms with Gasteiger partial charge < -0.3 is 15.9 Å². The molecule has 15 heavy (non-hydrogen) atoms. The summed E-state index contributed by atoms with van der Waals surface area (Å²) in [6.07, 6.45) is -5.60. The third-order valence-electron chi connectivity index (χ3n) is 1.86. The summed E-state index contributed by atoms with van der Waals surface area (Å²) in [5.41, 5.74) is 5.23. The standard InChI is InChI=1S/C9H10F3NO2/c10-9(11,12)4-7(13)6-2-1-5(14)3-8(6)15/h1-3,7,14-15H,4,13H2/t7-/m0/s1. The summed E-state index contributed by atoms with van der Waals surface area (Å²) < 4.78 is 36.0. The molecule has 1 rings (SSSR count). The molecule has 0 radical (unpaired) electrons. The molecule has 0 aliphatic carbocycles. The fourth-order valence-electron chi connectivity index (χ4n) is 1.20. The maximum Gasteiger partial charge on any atom is 0.390 e. The molecule has 6 heteroatoms. The molecule has 4 N–H and O–H groups in total. The highest BCUT2D eigenvalue weighted by molar-refractivity contribution is 5.40. The predicted octanol–water partition coefficient (Wildman–Crippen LogP) is 2.05. The second-order valence-electron chi connectivity index (χ2n) is 3.17. The van der Waals surface area contributed by atoms with Crippen LogP contribution in [0, 0.1) is 0 Å². The van der Waals surface area contributed by atoms with Crippen molar-refractivity contribution in [3.63, 3.8) is 0 Å². The first-order valence-electron chi connectivity index (χ1n) is 4.14. The topological polar surface area (TPSA) is 66.5 Å². The van der Waals surface area contributed by atoms with E-state index < -0.39 is 24.4 Å². The van der Waals surface area contributed by atoms with Gasteiger partial charge in [0, 0.05) is 17.7 Å². The summed E-state index contributed by atoms with van der Waals surface area (Å²) in [5, 5.41) is 18.2. The maximum atomic E-state index is 12.0. The van der Waals surface area contributed by atoms with Crippen LogP contribution < -0.4 is 5.73 Å². The molecule has 84 valence electrons. The van der Waals surface area contributed by atoms with Gasteiger partial charge in [0.25, 0.3) is 0 Å². The van der Waals surface area contributed by atoms with Gasteiger partial charge in [0.15, 0.2) is 0 Å². The lowest BCUT2D eigenvalue weighted by Crippen LogP contribution is -2.20. The Morgan fingerprint density at radius 3 is 2.33 bits per heavy atom. The molecule has 0 saturated carbocycles. The third kappa shape index (κ3) is 3.32. The van der Waals surface area contributed by atoms with E-state index in [1.807, 2.05) is 0 Å². The first kappa shape index (κ1) is 11.6. The molecular weight excluding hydrogens is 211 g/mol. The van der Waals surface area contributed by atoms with E-state index in [0.717, 1.165) is 6.07 Å². The van der Waals surface area contributed by atoms with E-state index in [4.69, 9.17) is 10.8 Å². The van der Waals surface area contributed by atoms with Crippen molar-refractivity contribution in [2.45, 2.75) is 18.6 Å². The number of hydrogen-bond acceptors (Lipinski definition) is 3. The number of hydrogen-bond donors (Lipinski definition) is 3. The molecule has 0 amide bonds. The second kappa shape index (κ2) is 3.98. The SMILES string of the molecule is N[C@@H](CC(F)(F)F)c1ccc(O)cc1O. The van der Waals surface area contributed by atoms with E-state index in [-0.39, 0.29) is 11.3 Å². The van der Waals surface area contributed by atoms with E-state index in [1.54, 1.807) is 0 Å². The average Bonchev–Trinajstić information content (AvgIpc) is 1.99. The van der Waals surface area contributed by atoms with Gasteiger partial charge in [0.05, 0.1) is 6.42 Å². The lowest BCUT2D eigenvalue weighted by molar-refractivity contribution is -0.138. The number of benzene rings is 1. The van der Waals surface area contributed by atoms with Crippen LogP contribution in [0.3, 0.4) is 0 Å². The number of alkyl halides is 3. The minimum absolute atomic E-state index is 0.0369. The van der Waals surface area contributed by atoms with Crippen molar-refractivity contribution in [1.82, 2.24) is 0 Å². The van der Waals surface area contributed by atoms with Gasteiger partial charge in [-0.15, -0.1) is 0 Å². The van der Waals surface area contributed by atoms with Crippen molar-refractivity contribution in [2.75, 3.05) is 0 Å². The Balaban J connectivity index is 2.87. The number of phenols is 2. The largest absolute Gasteiger partial charge is 0.508 e. The average molecular weight is 221 g/mol. The van der Waals surface area contributed by atoms with E-state index in [2.05, 4.69) is 0 Å². The Labute approximate surface area is 84.0 Å². The van der Waals surface area contributed by atoms with Gasteiger partial charge in [-0.3, -0.25) is 0 Å². The molecule has 0 fully saturated rings. The van der Waals surface area contributed by atoms with Crippen LogP contribution >= 0.6 is 0 Å². The zero-order chi connectivity index (χ0) is 11.6. The van der Waals surface area contributed by atoms with Crippen LogP contribution in [0.15, 0.2) is 18.2 Å². The Morgan fingerprint density at radius 1 is 1.27 bits per heavy atom. The highest BCUT2D eigenvalue weighted by Gasteiger charge is 2.31. The third-order valence-corrected chi connectivity index (χ3v) is 1.86. The molecule has 1 atom stereocenters.